The van der Waals surface area contributed by atoms with Crippen LogP contribution < -0.4 is 20.9 Å². The molecule has 0 amide bonds. The molecule has 3 rings (SSSR count). The predicted molar refractivity (Wildman–Crippen MR) is 116 cm³/mol. The first-order valence-corrected chi connectivity index (χ1v) is 11.8. The van der Waals surface area contributed by atoms with Gasteiger partial charge >= 0.3 is 19.4 Å². The Hall–Kier alpha value is -2.83. The van der Waals surface area contributed by atoms with E-state index in [0.717, 1.165) is 23.8 Å². The van der Waals surface area contributed by atoms with Gasteiger partial charge in [0.2, 0.25) is 0 Å². The van der Waals surface area contributed by atoms with Crippen molar-refractivity contribution in [3.63, 3.8) is 0 Å². The van der Waals surface area contributed by atoms with Crippen LogP contribution in [0.3, 0.4) is 0 Å². The van der Waals surface area contributed by atoms with Gasteiger partial charge in [0.05, 0.1) is 19.8 Å². The van der Waals surface area contributed by atoms with Crippen LogP contribution in [0.1, 0.15) is 25.1 Å². The van der Waals surface area contributed by atoms with Crippen molar-refractivity contribution in [2.24, 2.45) is 0 Å². The van der Waals surface area contributed by atoms with Crippen LogP contribution in [0.4, 0.5) is 4.39 Å². The molecule has 186 valence electrons. The third-order valence-corrected chi connectivity index (χ3v) is 6.66. The van der Waals surface area contributed by atoms with Crippen molar-refractivity contribution >= 4 is 13.7 Å². The quantitative estimate of drug-likeness (QED) is 0.334. The second-order valence-electron chi connectivity index (χ2n) is 7.62. The summed E-state index contributed by atoms with van der Waals surface area (Å²) in [6, 6.07) is 3.51. The lowest BCUT2D eigenvalue weighted by Crippen LogP contribution is -2.36. The van der Waals surface area contributed by atoms with Crippen molar-refractivity contribution in [3.8, 4) is 5.75 Å². The van der Waals surface area contributed by atoms with Crippen molar-refractivity contribution in [1.82, 2.24) is 14.6 Å². The molecule has 3 N–H and O–H groups in total. The number of ether oxygens (including phenoxy) is 2. The number of aromatic amines is 1. The van der Waals surface area contributed by atoms with Crippen LogP contribution in [0.2, 0.25) is 0 Å². The number of aliphatic hydroxyl groups is 1. The summed E-state index contributed by atoms with van der Waals surface area (Å²) in [5.41, 5.74) is -0.979. The molecule has 0 radical (unpaired) electrons. The molecule has 0 aliphatic carbocycles. The number of rotatable bonds is 9. The average Bonchev–Trinajstić information content (AvgIpc) is 3.16. The number of nitrogens with zero attached hydrogens (tertiary/aromatic N) is 1. The zero-order chi connectivity index (χ0) is 25.0. The average molecular weight is 501 g/mol. The molecule has 1 saturated heterocycles. The highest BCUT2D eigenvalue weighted by atomic mass is 31.2. The summed E-state index contributed by atoms with van der Waals surface area (Å²) >= 11 is 0. The van der Waals surface area contributed by atoms with E-state index in [4.69, 9.17) is 13.8 Å². The predicted octanol–water partition coefficient (Wildman–Crippen LogP) is 0.987. The van der Waals surface area contributed by atoms with Gasteiger partial charge in [-0.3, -0.25) is 23.7 Å². The molecule has 5 atom stereocenters. The molecule has 2 aromatic rings. The largest absolute Gasteiger partial charge is 0.468 e. The van der Waals surface area contributed by atoms with Gasteiger partial charge in [-0.1, -0.05) is 0 Å². The third-order valence-electron chi connectivity index (χ3n) is 5.01. The van der Waals surface area contributed by atoms with Gasteiger partial charge in [0.15, 0.2) is 0 Å². The SMILES string of the molecule is COC(=O)[C@H](C)NP(=O)(OC[C@H]1O[C@@H](n2cc(C)c(=O)[nH]c2=O)C[C@H]1O)Oc1ccc(F)cc1. The smallest absolute Gasteiger partial charge is 0.459 e. The Morgan fingerprint density at radius 1 is 1.38 bits per heavy atom. The van der Waals surface area contributed by atoms with E-state index in [2.05, 4.69) is 14.8 Å². The molecule has 1 unspecified atom stereocenters. The molecule has 1 aliphatic heterocycles. The monoisotopic (exact) mass is 501 g/mol. The minimum Gasteiger partial charge on any atom is -0.468 e. The standard InChI is InChI=1S/C20H25FN3O9P/c1-11-9-24(20(28)22-18(11)26)17-8-15(25)16(32-17)10-31-34(29,23-12(2)19(27)30-3)33-14-6-4-13(21)5-7-14/h4-7,9,12,15-17,25H,8,10H2,1-3H3,(H,23,29)(H,22,26,28)/t12-,15+,16+,17+,34?/m0/s1. The number of carbonyl (C=O) groups excluding carboxylic acids is 1. The summed E-state index contributed by atoms with van der Waals surface area (Å²) in [5.74, 6) is -1.29. The van der Waals surface area contributed by atoms with E-state index in [0.29, 0.717) is 0 Å². The summed E-state index contributed by atoms with van der Waals surface area (Å²) in [7, 11) is -3.11. The molecular weight excluding hydrogens is 476 g/mol. The third kappa shape index (κ3) is 6.19. The highest BCUT2D eigenvalue weighted by Crippen LogP contribution is 2.46. The fourth-order valence-corrected chi connectivity index (χ4v) is 4.70. The molecule has 34 heavy (non-hydrogen) atoms. The number of H-pyrrole nitrogens is 1. The Labute approximate surface area is 193 Å². The topological polar surface area (TPSA) is 158 Å². The number of nitrogens with one attached hydrogen (secondary N) is 2. The Kier molecular flexibility index (Phi) is 8.05. The van der Waals surface area contributed by atoms with Gasteiger partial charge in [-0.2, -0.15) is 5.09 Å². The highest BCUT2D eigenvalue weighted by molar-refractivity contribution is 7.52. The van der Waals surface area contributed by atoms with E-state index in [1.807, 2.05) is 0 Å². The van der Waals surface area contributed by atoms with E-state index in [-0.39, 0.29) is 17.7 Å². The number of methoxy groups -OCH3 is 1. The molecule has 0 bridgehead atoms. The molecule has 2 heterocycles. The lowest BCUT2D eigenvalue weighted by Gasteiger charge is -2.24. The lowest BCUT2D eigenvalue weighted by molar-refractivity contribution is -0.142. The molecular formula is C20H25FN3O9P. The second-order valence-corrected chi connectivity index (χ2v) is 9.32. The summed E-state index contributed by atoms with van der Waals surface area (Å²) in [4.78, 5) is 37.7. The van der Waals surface area contributed by atoms with Crippen molar-refractivity contribution in [2.45, 2.75) is 44.7 Å². The Balaban J connectivity index is 1.74. The van der Waals surface area contributed by atoms with Crippen LogP contribution in [0.5, 0.6) is 5.75 Å². The zero-order valence-electron chi connectivity index (χ0n) is 18.6. The molecule has 0 saturated carbocycles. The van der Waals surface area contributed by atoms with E-state index in [9.17, 15) is 28.4 Å². The first-order chi connectivity index (χ1) is 16.0. The minimum atomic E-state index is -4.25. The van der Waals surface area contributed by atoms with Crippen LogP contribution in [-0.2, 0) is 23.4 Å². The first-order valence-electron chi connectivity index (χ1n) is 10.2. The van der Waals surface area contributed by atoms with Crippen LogP contribution in [0.15, 0.2) is 40.1 Å². The number of aromatic nitrogens is 2. The van der Waals surface area contributed by atoms with Crippen LogP contribution in [-0.4, -0.2) is 52.6 Å². The van der Waals surface area contributed by atoms with Crippen molar-refractivity contribution in [1.29, 1.82) is 0 Å². The van der Waals surface area contributed by atoms with Crippen molar-refractivity contribution in [3.05, 3.63) is 62.7 Å². The summed E-state index contributed by atoms with van der Waals surface area (Å²) in [6.07, 6.45) is -1.74. The number of halogens is 1. The second kappa shape index (κ2) is 10.6. The normalized spacial score (nSPS) is 22.7. The molecule has 0 spiro atoms. The summed E-state index contributed by atoms with van der Waals surface area (Å²) in [5, 5.41) is 12.8. The minimum absolute atomic E-state index is 0.00432. The van der Waals surface area contributed by atoms with Crippen LogP contribution >= 0.6 is 7.75 Å². The van der Waals surface area contributed by atoms with Gasteiger partial charge in [0, 0.05) is 18.2 Å². The first kappa shape index (κ1) is 25.8. The molecule has 1 aromatic carbocycles. The molecule has 1 aromatic heterocycles. The Bertz CT molecular complexity index is 1180. The summed E-state index contributed by atoms with van der Waals surface area (Å²) in [6.45, 7) is 2.43. The highest BCUT2D eigenvalue weighted by Gasteiger charge is 2.39. The molecule has 1 aliphatic rings. The van der Waals surface area contributed by atoms with Gasteiger partial charge in [0.1, 0.15) is 29.9 Å². The van der Waals surface area contributed by atoms with Crippen LogP contribution in [0, 0.1) is 12.7 Å². The number of esters is 1. The van der Waals surface area contributed by atoms with Gasteiger partial charge < -0.3 is 19.1 Å². The number of hydrogen-bond donors (Lipinski definition) is 3. The Morgan fingerprint density at radius 3 is 2.71 bits per heavy atom. The molecule has 1 fully saturated rings. The van der Waals surface area contributed by atoms with Crippen molar-refractivity contribution in [2.75, 3.05) is 13.7 Å². The molecule has 12 nitrogen and oxygen atoms in total. The van der Waals surface area contributed by atoms with E-state index in [1.165, 1.54) is 32.2 Å². The summed E-state index contributed by atoms with van der Waals surface area (Å²) < 4.78 is 48.8. The number of carbonyl (C=O) groups is 1. The van der Waals surface area contributed by atoms with E-state index >= 15 is 0 Å². The van der Waals surface area contributed by atoms with Gasteiger partial charge in [-0.25, -0.2) is 13.8 Å². The maximum atomic E-state index is 13.4. The fourth-order valence-electron chi connectivity index (χ4n) is 3.20. The van der Waals surface area contributed by atoms with Gasteiger partial charge in [-0.05, 0) is 38.1 Å². The number of aryl methyl sites for hydroxylation is 1. The number of hydrogen-bond acceptors (Lipinski definition) is 9. The van der Waals surface area contributed by atoms with E-state index < -0.39 is 61.9 Å². The number of benzene rings is 1. The maximum Gasteiger partial charge on any atom is 0.459 e. The maximum absolute atomic E-state index is 13.4. The van der Waals surface area contributed by atoms with Gasteiger partial charge in [0.25, 0.3) is 5.56 Å². The Morgan fingerprint density at radius 2 is 2.06 bits per heavy atom. The molecule has 14 heteroatoms. The fraction of sp³-hybridized carbons (Fsp3) is 0.450. The number of aliphatic hydroxyl groups excluding tert-OH is 1. The van der Waals surface area contributed by atoms with Crippen molar-refractivity contribution < 1.29 is 37.4 Å². The lowest BCUT2D eigenvalue weighted by atomic mass is 10.2. The van der Waals surface area contributed by atoms with Crippen LogP contribution in [0.25, 0.3) is 0 Å². The van der Waals surface area contributed by atoms with Gasteiger partial charge in [-0.15, -0.1) is 0 Å². The van der Waals surface area contributed by atoms with E-state index in [1.54, 1.807) is 0 Å². The zero-order valence-corrected chi connectivity index (χ0v) is 19.5.